The lowest BCUT2D eigenvalue weighted by Gasteiger charge is -2.32. The lowest BCUT2D eigenvalue weighted by Crippen LogP contribution is -2.47. The molecule has 0 spiro atoms. The summed E-state index contributed by atoms with van der Waals surface area (Å²) in [5.74, 6) is -0.0906. The van der Waals surface area contributed by atoms with Gasteiger partial charge in [0.1, 0.15) is 6.04 Å². The summed E-state index contributed by atoms with van der Waals surface area (Å²) < 4.78 is 5.52. The number of rotatable bonds is 12. The van der Waals surface area contributed by atoms with Crippen LogP contribution in [0.15, 0.2) is 41.8 Å². The lowest BCUT2D eigenvalue weighted by atomic mass is 10.00. The van der Waals surface area contributed by atoms with Crippen LogP contribution in [0.25, 0.3) is 0 Å². The van der Waals surface area contributed by atoms with Crippen LogP contribution >= 0.6 is 11.3 Å². The summed E-state index contributed by atoms with van der Waals surface area (Å²) in [5, 5.41) is 5.22. The number of thiophene rings is 1. The second-order valence-electron chi connectivity index (χ2n) is 8.38. The Morgan fingerprint density at radius 3 is 2.53 bits per heavy atom. The molecule has 0 saturated heterocycles. The van der Waals surface area contributed by atoms with E-state index in [2.05, 4.69) is 24.4 Å². The van der Waals surface area contributed by atoms with Crippen LogP contribution in [0.2, 0.25) is 0 Å². The number of nitrogens with one attached hydrogen (secondary N) is 1. The molecule has 0 aliphatic heterocycles. The molecule has 1 fully saturated rings. The standard InChI is InChI=1S/C26H36N2O3S/c1-3-20-12-14-21(15-13-20)25(26(30)27-22-9-5-6-10-22)28(16-8-17-31-4-2)24(29)19-23-11-7-18-32-23/h7,11-15,18,22,25H,3-6,8-10,16-17,19H2,1-2H3,(H,27,30)/t25-/m1/s1. The number of hydrogen-bond acceptors (Lipinski definition) is 4. The Morgan fingerprint density at radius 1 is 1.16 bits per heavy atom. The molecule has 0 bridgehead atoms. The zero-order valence-corrected chi connectivity index (χ0v) is 20.2. The van der Waals surface area contributed by atoms with Gasteiger partial charge in [-0.3, -0.25) is 9.59 Å². The molecule has 0 radical (unpaired) electrons. The van der Waals surface area contributed by atoms with Gasteiger partial charge in [-0.05, 0) is 55.2 Å². The van der Waals surface area contributed by atoms with Gasteiger partial charge in [0.2, 0.25) is 11.8 Å². The Labute approximate surface area is 196 Å². The van der Waals surface area contributed by atoms with Gasteiger partial charge in [0.05, 0.1) is 6.42 Å². The third-order valence-electron chi connectivity index (χ3n) is 6.08. The van der Waals surface area contributed by atoms with Gasteiger partial charge in [-0.2, -0.15) is 0 Å². The van der Waals surface area contributed by atoms with Crippen LogP contribution in [0.5, 0.6) is 0 Å². The van der Waals surface area contributed by atoms with E-state index < -0.39 is 6.04 Å². The minimum absolute atomic E-state index is 0.0184. The predicted molar refractivity (Wildman–Crippen MR) is 130 cm³/mol. The normalized spacial score (nSPS) is 14.9. The largest absolute Gasteiger partial charge is 0.382 e. The van der Waals surface area contributed by atoms with E-state index in [1.54, 1.807) is 16.2 Å². The van der Waals surface area contributed by atoms with Gasteiger partial charge in [-0.1, -0.05) is 50.1 Å². The van der Waals surface area contributed by atoms with Crippen LogP contribution in [0.1, 0.15) is 68.0 Å². The molecule has 1 atom stereocenters. The highest BCUT2D eigenvalue weighted by Crippen LogP contribution is 2.26. The Hall–Kier alpha value is -2.18. The number of hydrogen-bond donors (Lipinski definition) is 1. The number of nitrogens with zero attached hydrogens (tertiary/aromatic N) is 1. The highest BCUT2D eigenvalue weighted by Gasteiger charge is 2.33. The molecule has 32 heavy (non-hydrogen) atoms. The molecule has 2 aromatic rings. The number of ether oxygens (including phenoxy) is 1. The van der Waals surface area contributed by atoms with Crippen LogP contribution in [-0.2, 0) is 27.2 Å². The van der Waals surface area contributed by atoms with Crippen molar-refractivity contribution in [3.63, 3.8) is 0 Å². The van der Waals surface area contributed by atoms with E-state index in [0.29, 0.717) is 32.6 Å². The average Bonchev–Trinajstić information content (AvgIpc) is 3.50. The minimum atomic E-state index is -0.629. The molecule has 3 rings (SSSR count). The first kappa shape index (κ1) is 24.5. The molecular formula is C26H36N2O3S. The highest BCUT2D eigenvalue weighted by atomic mass is 32.1. The van der Waals surface area contributed by atoms with E-state index >= 15 is 0 Å². The number of benzene rings is 1. The van der Waals surface area contributed by atoms with Gasteiger partial charge in [-0.25, -0.2) is 0 Å². The van der Waals surface area contributed by atoms with Crippen LogP contribution in [0, 0.1) is 0 Å². The van der Waals surface area contributed by atoms with Crippen LogP contribution in [0.3, 0.4) is 0 Å². The van der Waals surface area contributed by atoms with E-state index in [9.17, 15) is 9.59 Å². The van der Waals surface area contributed by atoms with Crippen molar-refractivity contribution in [1.29, 1.82) is 0 Å². The second-order valence-corrected chi connectivity index (χ2v) is 9.41. The summed E-state index contributed by atoms with van der Waals surface area (Å²) in [4.78, 5) is 29.8. The average molecular weight is 457 g/mol. The van der Waals surface area contributed by atoms with Crippen molar-refractivity contribution in [2.24, 2.45) is 0 Å². The van der Waals surface area contributed by atoms with Crippen molar-refractivity contribution in [2.45, 2.75) is 70.9 Å². The Bertz CT molecular complexity index is 829. The molecule has 1 aliphatic rings. The van der Waals surface area contributed by atoms with Crippen molar-refractivity contribution in [3.8, 4) is 0 Å². The van der Waals surface area contributed by atoms with Crippen LogP contribution < -0.4 is 5.32 Å². The SMILES string of the molecule is CCOCCCN(C(=O)Cc1cccs1)[C@@H](C(=O)NC1CCCC1)c1ccc(CC)cc1. The number of carbonyl (C=O) groups excluding carboxylic acids is 2. The Kier molecular flexibility index (Phi) is 9.75. The third-order valence-corrected chi connectivity index (χ3v) is 6.96. The molecule has 0 unspecified atom stereocenters. The molecule has 1 heterocycles. The van der Waals surface area contributed by atoms with Gasteiger partial charge in [0.15, 0.2) is 0 Å². The van der Waals surface area contributed by atoms with Crippen LogP contribution in [0.4, 0.5) is 0 Å². The molecule has 5 nitrogen and oxygen atoms in total. The monoisotopic (exact) mass is 456 g/mol. The van der Waals surface area contributed by atoms with Crippen molar-refractivity contribution in [2.75, 3.05) is 19.8 Å². The summed E-state index contributed by atoms with van der Waals surface area (Å²) in [7, 11) is 0. The van der Waals surface area contributed by atoms with Crippen molar-refractivity contribution in [3.05, 3.63) is 57.8 Å². The van der Waals surface area contributed by atoms with Crippen LogP contribution in [-0.4, -0.2) is 42.5 Å². The molecule has 174 valence electrons. The molecule has 1 saturated carbocycles. The van der Waals surface area contributed by atoms with Gasteiger partial charge < -0.3 is 15.0 Å². The molecule has 1 aliphatic carbocycles. The number of carbonyl (C=O) groups is 2. The summed E-state index contributed by atoms with van der Waals surface area (Å²) in [6.07, 6.45) is 6.28. The van der Waals surface area contributed by atoms with E-state index in [-0.39, 0.29) is 17.9 Å². The molecule has 1 aromatic carbocycles. The molecule has 1 N–H and O–H groups in total. The van der Waals surface area contributed by atoms with E-state index in [1.165, 1.54) is 5.56 Å². The summed E-state index contributed by atoms with van der Waals surface area (Å²) >= 11 is 1.57. The van der Waals surface area contributed by atoms with Crippen molar-refractivity contribution >= 4 is 23.2 Å². The quantitative estimate of drug-likeness (QED) is 0.462. The summed E-state index contributed by atoms with van der Waals surface area (Å²) in [5.41, 5.74) is 2.09. The number of aryl methyl sites for hydroxylation is 1. The molecule has 2 amide bonds. The first-order valence-corrected chi connectivity index (χ1v) is 12.8. The van der Waals surface area contributed by atoms with Gasteiger partial charge >= 0.3 is 0 Å². The van der Waals surface area contributed by atoms with Crippen molar-refractivity contribution in [1.82, 2.24) is 10.2 Å². The smallest absolute Gasteiger partial charge is 0.247 e. The minimum Gasteiger partial charge on any atom is -0.382 e. The maximum Gasteiger partial charge on any atom is 0.247 e. The first-order chi connectivity index (χ1) is 15.6. The molecule has 6 heteroatoms. The number of amides is 2. The predicted octanol–water partition coefficient (Wildman–Crippen LogP) is 4.91. The topological polar surface area (TPSA) is 58.6 Å². The van der Waals surface area contributed by atoms with Crippen molar-refractivity contribution < 1.29 is 14.3 Å². The zero-order chi connectivity index (χ0) is 22.8. The fourth-order valence-electron chi connectivity index (χ4n) is 4.30. The Morgan fingerprint density at radius 2 is 1.91 bits per heavy atom. The summed E-state index contributed by atoms with van der Waals surface area (Å²) in [6.45, 7) is 5.79. The zero-order valence-electron chi connectivity index (χ0n) is 19.3. The van der Waals surface area contributed by atoms with Gasteiger partial charge in [-0.15, -0.1) is 11.3 Å². The van der Waals surface area contributed by atoms with E-state index in [0.717, 1.165) is 42.5 Å². The highest BCUT2D eigenvalue weighted by molar-refractivity contribution is 7.10. The maximum atomic E-state index is 13.6. The fourth-order valence-corrected chi connectivity index (χ4v) is 5.00. The molecular weight excluding hydrogens is 420 g/mol. The van der Waals surface area contributed by atoms with Gasteiger partial charge in [0, 0.05) is 30.7 Å². The second kappa shape index (κ2) is 12.8. The lowest BCUT2D eigenvalue weighted by molar-refractivity contribution is -0.141. The van der Waals surface area contributed by atoms with Gasteiger partial charge in [0.25, 0.3) is 0 Å². The molecule has 1 aromatic heterocycles. The first-order valence-electron chi connectivity index (χ1n) is 11.9. The van der Waals surface area contributed by atoms with E-state index in [1.807, 2.05) is 36.6 Å². The fraction of sp³-hybridized carbons (Fsp3) is 0.538. The summed E-state index contributed by atoms with van der Waals surface area (Å²) in [6, 6.07) is 11.6. The Balaban J connectivity index is 1.87. The van der Waals surface area contributed by atoms with E-state index in [4.69, 9.17) is 4.74 Å². The third kappa shape index (κ3) is 6.91. The maximum absolute atomic E-state index is 13.6.